The molecule has 1 fully saturated rings. The van der Waals surface area contributed by atoms with Gasteiger partial charge in [0, 0.05) is 14.1 Å². The molecule has 2 N–H and O–H groups in total. The molecule has 0 aromatic carbocycles. The van der Waals surface area contributed by atoms with Crippen LogP contribution >= 0.6 is 11.6 Å². The fourth-order valence-electron chi connectivity index (χ4n) is 2.10. The van der Waals surface area contributed by atoms with Crippen LogP contribution in [0.25, 0.3) is 0 Å². The van der Waals surface area contributed by atoms with Crippen molar-refractivity contribution in [3.05, 3.63) is 5.15 Å². The zero-order valence-corrected chi connectivity index (χ0v) is 11.4. The minimum Gasteiger partial charge on any atom is -0.391 e. The first-order valence-electron chi connectivity index (χ1n) is 6.10. The number of aliphatic hydroxyl groups is 1. The summed E-state index contributed by atoms with van der Waals surface area (Å²) >= 11 is 5.91. The molecular formula is C11H18ClN5O. The topological polar surface area (TPSA) is 74.2 Å². The Morgan fingerprint density at radius 1 is 1.28 bits per heavy atom. The van der Waals surface area contributed by atoms with Gasteiger partial charge in [-0.2, -0.15) is 4.98 Å². The van der Waals surface area contributed by atoms with E-state index >= 15 is 0 Å². The summed E-state index contributed by atoms with van der Waals surface area (Å²) in [5.41, 5.74) is 0. The highest BCUT2D eigenvalue weighted by Crippen LogP contribution is 2.23. The first kappa shape index (κ1) is 13.3. The molecule has 18 heavy (non-hydrogen) atoms. The molecule has 2 rings (SSSR count). The van der Waals surface area contributed by atoms with Crippen LogP contribution in [0, 0.1) is 0 Å². The number of aliphatic hydroxyl groups excluding tert-OH is 1. The molecular weight excluding hydrogens is 254 g/mol. The van der Waals surface area contributed by atoms with Crippen molar-refractivity contribution in [2.45, 2.75) is 37.8 Å². The highest BCUT2D eigenvalue weighted by molar-refractivity contribution is 6.31. The van der Waals surface area contributed by atoms with E-state index in [0.717, 1.165) is 25.7 Å². The van der Waals surface area contributed by atoms with Crippen molar-refractivity contribution in [1.29, 1.82) is 0 Å². The normalized spacial score (nSPS) is 23.8. The van der Waals surface area contributed by atoms with Gasteiger partial charge >= 0.3 is 0 Å². The van der Waals surface area contributed by atoms with Crippen molar-refractivity contribution in [2.24, 2.45) is 0 Å². The van der Waals surface area contributed by atoms with E-state index in [2.05, 4.69) is 20.5 Å². The Labute approximate surface area is 111 Å². The van der Waals surface area contributed by atoms with Gasteiger partial charge in [-0.15, -0.1) is 10.2 Å². The zero-order valence-electron chi connectivity index (χ0n) is 10.6. The fourth-order valence-corrected chi connectivity index (χ4v) is 2.35. The average Bonchev–Trinajstić information content (AvgIpc) is 2.34. The lowest BCUT2D eigenvalue weighted by Gasteiger charge is -2.28. The summed E-state index contributed by atoms with van der Waals surface area (Å²) in [6, 6.07) is -0.00302. The SMILES string of the molecule is CN(C)c1nc(N[C@@H]2CCCC[C@H]2O)nnc1Cl. The maximum Gasteiger partial charge on any atom is 0.245 e. The lowest BCUT2D eigenvalue weighted by molar-refractivity contribution is 0.116. The molecule has 0 bridgehead atoms. The molecule has 1 saturated carbocycles. The van der Waals surface area contributed by atoms with Crippen LogP contribution in [0.5, 0.6) is 0 Å². The van der Waals surface area contributed by atoms with Gasteiger partial charge in [0.1, 0.15) is 0 Å². The third-order valence-corrected chi connectivity index (χ3v) is 3.34. The Bertz CT molecular complexity index is 414. The summed E-state index contributed by atoms with van der Waals surface area (Å²) in [5, 5.41) is 21.1. The Balaban J connectivity index is 2.11. The van der Waals surface area contributed by atoms with Gasteiger partial charge in [0.05, 0.1) is 12.1 Å². The van der Waals surface area contributed by atoms with E-state index in [-0.39, 0.29) is 17.3 Å². The average molecular weight is 272 g/mol. The number of halogens is 1. The lowest BCUT2D eigenvalue weighted by Crippen LogP contribution is -2.37. The maximum atomic E-state index is 9.89. The summed E-state index contributed by atoms with van der Waals surface area (Å²) in [7, 11) is 3.68. The Morgan fingerprint density at radius 3 is 2.67 bits per heavy atom. The molecule has 0 spiro atoms. The highest BCUT2D eigenvalue weighted by atomic mass is 35.5. The van der Waals surface area contributed by atoms with Crippen molar-refractivity contribution in [1.82, 2.24) is 15.2 Å². The Hall–Kier alpha value is -1.14. The number of rotatable bonds is 3. The summed E-state index contributed by atoms with van der Waals surface area (Å²) < 4.78 is 0. The lowest BCUT2D eigenvalue weighted by atomic mass is 9.93. The quantitative estimate of drug-likeness (QED) is 0.863. The van der Waals surface area contributed by atoms with Gasteiger partial charge in [0.15, 0.2) is 11.0 Å². The van der Waals surface area contributed by atoms with E-state index in [1.165, 1.54) is 0 Å². The van der Waals surface area contributed by atoms with E-state index in [0.29, 0.717) is 11.8 Å². The van der Waals surface area contributed by atoms with Crippen molar-refractivity contribution < 1.29 is 5.11 Å². The largest absolute Gasteiger partial charge is 0.391 e. The van der Waals surface area contributed by atoms with Gasteiger partial charge in [-0.3, -0.25) is 0 Å². The number of nitrogens with zero attached hydrogens (tertiary/aromatic N) is 4. The van der Waals surface area contributed by atoms with E-state index in [1.807, 2.05) is 14.1 Å². The van der Waals surface area contributed by atoms with Crippen LogP contribution in [-0.4, -0.2) is 46.5 Å². The molecule has 2 atom stereocenters. The van der Waals surface area contributed by atoms with Gasteiger partial charge in [0.25, 0.3) is 0 Å². The predicted octanol–water partition coefficient (Wildman–Crippen LogP) is 1.31. The molecule has 1 aliphatic rings. The molecule has 0 unspecified atom stereocenters. The van der Waals surface area contributed by atoms with Crippen LogP contribution in [0.2, 0.25) is 5.15 Å². The van der Waals surface area contributed by atoms with Gasteiger partial charge in [-0.05, 0) is 12.8 Å². The Kier molecular flexibility index (Phi) is 4.19. The summed E-state index contributed by atoms with van der Waals surface area (Å²) in [6.45, 7) is 0. The minimum absolute atomic E-state index is 0.00302. The van der Waals surface area contributed by atoms with Gasteiger partial charge in [0.2, 0.25) is 5.95 Å². The van der Waals surface area contributed by atoms with Crippen LogP contribution in [0.15, 0.2) is 0 Å². The van der Waals surface area contributed by atoms with Crippen molar-refractivity contribution in [3.63, 3.8) is 0 Å². The Morgan fingerprint density at radius 2 is 2.00 bits per heavy atom. The molecule has 0 radical (unpaired) electrons. The molecule has 100 valence electrons. The number of hydrogen-bond donors (Lipinski definition) is 2. The van der Waals surface area contributed by atoms with Gasteiger partial charge in [-0.1, -0.05) is 24.4 Å². The van der Waals surface area contributed by atoms with Gasteiger partial charge < -0.3 is 15.3 Å². The van der Waals surface area contributed by atoms with Crippen LogP contribution in [-0.2, 0) is 0 Å². The van der Waals surface area contributed by atoms with Crippen LogP contribution in [0.1, 0.15) is 25.7 Å². The van der Waals surface area contributed by atoms with E-state index in [1.54, 1.807) is 4.90 Å². The molecule has 1 aromatic rings. The van der Waals surface area contributed by atoms with Gasteiger partial charge in [-0.25, -0.2) is 0 Å². The van der Waals surface area contributed by atoms with Crippen molar-refractivity contribution >= 4 is 23.4 Å². The first-order chi connectivity index (χ1) is 8.58. The highest BCUT2D eigenvalue weighted by Gasteiger charge is 2.24. The number of aromatic nitrogens is 3. The monoisotopic (exact) mass is 271 g/mol. The fraction of sp³-hybridized carbons (Fsp3) is 0.727. The molecule has 1 heterocycles. The molecule has 0 amide bonds. The second kappa shape index (κ2) is 5.67. The van der Waals surface area contributed by atoms with Crippen molar-refractivity contribution in [3.8, 4) is 0 Å². The molecule has 0 saturated heterocycles. The number of nitrogens with one attached hydrogen (secondary N) is 1. The third kappa shape index (κ3) is 3.00. The summed E-state index contributed by atoms with van der Waals surface area (Å²) in [5.74, 6) is 0.980. The third-order valence-electron chi connectivity index (χ3n) is 3.10. The maximum absolute atomic E-state index is 9.89. The van der Waals surface area contributed by atoms with Crippen LogP contribution in [0.4, 0.5) is 11.8 Å². The van der Waals surface area contributed by atoms with Crippen LogP contribution < -0.4 is 10.2 Å². The van der Waals surface area contributed by atoms with Crippen molar-refractivity contribution in [2.75, 3.05) is 24.3 Å². The van der Waals surface area contributed by atoms with E-state index in [4.69, 9.17) is 11.6 Å². The minimum atomic E-state index is -0.346. The second-order valence-corrected chi connectivity index (χ2v) is 5.10. The predicted molar refractivity (Wildman–Crippen MR) is 71.0 cm³/mol. The number of hydrogen-bond acceptors (Lipinski definition) is 6. The van der Waals surface area contributed by atoms with Crippen LogP contribution in [0.3, 0.4) is 0 Å². The summed E-state index contributed by atoms with van der Waals surface area (Å²) in [6.07, 6.45) is 3.57. The summed E-state index contributed by atoms with van der Waals surface area (Å²) in [4.78, 5) is 6.08. The molecule has 6 nitrogen and oxygen atoms in total. The zero-order chi connectivity index (χ0) is 13.1. The molecule has 0 aliphatic heterocycles. The molecule has 1 aliphatic carbocycles. The molecule has 7 heteroatoms. The first-order valence-corrected chi connectivity index (χ1v) is 6.48. The van der Waals surface area contributed by atoms with E-state index < -0.39 is 0 Å². The smallest absolute Gasteiger partial charge is 0.245 e. The molecule has 1 aromatic heterocycles. The standard InChI is InChI=1S/C11H18ClN5O/c1-17(2)10-9(12)15-16-11(14-10)13-7-5-3-4-6-8(7)18/h7-8,18H,3-6H2,1-2H3,(H,13,14,16)/t7-,8-/m1/s1. The van der Waals surface area contributed by atoms with E-state index in [9.17, 15) is 5.11 Å². The second-order valence-electron chi connectivity index (χ2n) is 4.75. The number of anilines is 2.